The lowest BCUT2D eigenvalue weighted by molar-refractivity contribution is 0.454. The summed E-state index contributed by atoms with van der Waals surface area (Å²) >= 11 is 0. The van der Waals surface area contributed by atoms with Crippen LogP contribution in [0.3, 0.4) is 0 Å². The van der Waals surface area contributed by atoms with Gasteiger partial charge in [0.25, 0.3) is 0 Å². The summed E-state index contributed by atoms with van der Waals surface area (Å²) in [6.07, 6.45) is 4.41. The van der Waals surface area contributed by atoms with E-state index in [0.29, 0.717) is 0 Å². The van der Waals surface area contributed by atoms with Crippen molar-refractivity contribution in [3.8, 4) is 0 Å². The Hall–Kier alpha value is -1.03. The van der Waals surface area contributed by atoms with Gasteiger partial charge < -0.3 is 14.7 Å². The Morgan fingerprint density at radius 3 is 2.67 bits per heavy atom. The van der Waals surface area contributed by atoms with E-state index in [1.54, 1.807) is 0 Å². The number of hydrogen-bond acceptors (Lipinski definition) is 2. The summed E-state index contributed by atoms with van der Waals surface area (Å²) in [6, 6.07) is 0. The average molecular weight is 210 g/mol. The molecule has 0 saturated carbocycles. The third-order valence-electron chi connectivity index (χ3n) is 2.49. The number of likely N-dealkylation sites (N-methyl/N-ethyl adjacent to an activating group) is 2. The highest BCUT2D eigenvalue weighted by molar-refractivity contribution is 5.81. The molecule has 0 N–H and O–H groups in total. The molecule has 0 aromatic heterocycles. The highest BCUT2D eigenvalue weighted by Gasteiger charge is 2.20. The molecular formula is C11H22N4. The monoisotopic (exact) mass is 210 g/mol. The highest BCUT2D eigenvalue weighted by Crippen LogP contribution is 2.05. The molecule has 4 heteroatoms. The summed E-state index contributed by atoms with van der Waals surface area (Å²) in [6.45, 7) is 4.12. The minimum atomic E-state index is 0.963. The van der Waals surface area contributed by atoms with E-state index in [2.05, 4.69) is 53.0 Å². The molecule has 4 nitrogen and oxygen atoms in total. The van der Waals surface area contributed by atoms with Crippen molar-refractivity contribution in [2.75, 3.05) is 54.4 Å². The molecule has 1 fully saturated rings. The second-order valence-electron chi connectivity index (χ2n) is 4.12. The summed E-state index contributed by atoms with van der Waals surface area (Å²) in [5, 5.41) is 0. The molecule has 1 rings (SSSR count). The fourth-order valence-corrected chi connectivity index (χ4v) is 1.68. The summed E-state index contributed by atoms with van der Waals surface area (Å²) < 4.78 is 0. The second kappa shape index (κ2) is 5.75. The van der Waals surface area contributed by atoms with Gasteiger partial charge in [0.2, 0.25) is 0 Å². The molecule has 15 heavy (non-hydrogen) atoms. The Morgan fingerprint density at radius 1 is 1.33 bits per heavy atom. The quantitative estimate of drug-likeness (QED) is 0.625. The molecule has 0 aliphatic carbocycles. The largest absolute Gasteiger partial charge is 0.344 e. The fraction of sp³-hybridized carbons (Fsp3) is 0.727. The van der Waals surface area contributed by atoms with Gasteiger partial charge in [0, 0.05) is 40.3 Å². The average Bonchev–Trinajstić information content (AvgIpc) is 2.53. The minimum absolute atomic E-state index is 0.963. The van der Waals surface area contributed by atoms with Crippen LogP contribution in [0.2, 0.25) is 0 Å². The highest BCUT2D eigenvalue weighted by atomic mass is 15.4. The predicted octanol–water partition coefficient (Wildman–Crippen LogP) is 0.337. The first kappa shape index (κ1) is 12.0. The van der Waals surface area contributed by atoms with Crippen LogP contribution >= 0.6 is 0 Å². The van der Waals surface area contributed by atoms with Crippen LogP contribution in [0.5, 0.6) is 0 Å². The second-order valence-corrected chi connectivity index (χ2v) is 4.12. The molecule has 0 radical (unpaired) electrons. The predicted molar refractivity (Wildman–Crippen MR) is 65.3 cm³/mol. The van der Waals surface area contributed by atoms with Crippen molar-refractivity contribution in [3.63, 3.8) is 0 Å². The van der Waals surface area contributed by atoms with Gasteiger partial charge in [-0.25, -0.2) is 0 Å². The van der Waals surface area contributed by atoms with Crippen molar-refractivity contribution in [1.82, 2.24) is 14.7 Å². The lowest BCUT2D eigenvalue weighted by Gasteiger charge is -2.18. The van der Waals surface area contributed by atoms with Crippen molar-refractivity contribution < 1.29 is 0 Å². The Kier molecular flexibility index (Phi) is 4.62. The summed E-state index contributed by atoms with van der Waals surface area (Å²) in [7, 11) is 8.10. The first-order valence-corrected chi connectivity index (χ1v) is 5.37. The van der Waals surface area contributed by atoms with Gasteiger partial charge >= 0.3 is 0 Å². The molecule has 1 aliphatic heterocycles. The van der Waals surface area contributed by atoms with Gasteiger partial charge in [-0.3, -0.25) is 4.99 Å². The van der Waals surface area contributed by atoms with Gasteiger partial charge in [-0.05, 0) is 14.1 Å². The first-order chi connectivity index (χ1) is 7.15. The Bertz CT molecular complexity index is 245. The van der Waals surface area contributed by atoms with E-state index in [0.717, 1.165) is 32.1 Å². The van der Waals surface area contributed by atoms with Crippen LogP contribution in [0.25, 0.3) is 0 Å². The number of nitrogens with zero attached hydrogens (tertiary/aromatic N) is 4. The molecule has 0 atom stereocenters. The molecule has 0 spiro atoms. The standard InChI is InChI=1S/C11H22N4/c1-12-11-14(4)9-10-15(11)8-6-5-7-13(2)3/h5-6H,7-10H2,1-4H3/b6-5+,12-11?. The number of hydrogen-bond donors (Lipinski definition) is 0. The Labute approximate surface area is 92.9 Å². The first-order valence-electron chi connectivity index (χ1n) is 5.37. The van der Waals surface area contributed by atoms with Crippen LogP contribution in [0.15, 0.2) is 17.1 Å². The van der Waals surface area contributed by atoms with Crippen LogP contribution in [0, 0.1) is 0 Å². The van der Waals surface area contributed by atoms with Crippen LogP contribution in [0.4, 0.5) is 0 Å². The normalized spacial score (nSPS) is 20.2. The molecule has 0 amide bonds. The maximum atomic E-state index is 4.29. The van der Waals surface area contributed by atoms with Crippen LogP contribution in [0.1, 0.15) is 0 Å². The van der Waals surface area contributed by atoms with E-state index in [4.69, 9.17) is 0 Å². The maximum absolute atomic E-state index is 4.29. The fourth-order valence-electron chi connectivity index (χ4n) is 1.68. The zero-order valence-corrected chi connectivity index (χ0v) is 10.3. The Morgan fingerprint density at radius 2 is 2.07 bits per heavy atom. The lowest BCUT2D eigenvalue weighted by atomic mass is 10.4. The third-order valence-corrected chi connectivity index (χ3v) is 2.49. The van der Waals surface area contributed by atoms with Gasteiger partial charge in [-0.1, -0.05) is 12.2 Å². The molecule has 1 heterocycles. The topological polar surface area (TPSA) is 22.1 Å². The zero-order valence-electron chi connectivity index (χ0n) is 10.3. The number of rotatable bonds is 4. The summed E-state index contributed by atoms with van der Waals surface area (Å²) in [5.74, 6) is 1.10. The number of aliphatic imine (C=N–C) groups is 1. The third kappa shape index (κ3) is 3.55. The van der Waals surface area contributed by atoms with Gasteiger partial charge in [-0.15, -0.1) is 0 Å². The van der Waals surface area contributed by atoms with Crippen LogP contribution in [-0.4, -0.2) is 75.0 Å². The van der Waals surface area contributed by atoms with Gasteiger partial charge in [0.05, 0.1) is 0 Å². The maximum Gasteiger partial charge on any atom is 0.196 e. The van der Waals surface area contributed by atoms with Crippen molar-refractivity contribution in [2.45, 2.75) is 0 Å². The summed E-state index contributed by atoms with van der Waals surface area (Å²) in [5.41, 5.74) is 0. The van der Waals surface area contributed by atoms with Crippen LogP contribution < -0.4 is 0 Å². The molecule has 86 valence electrons. The van der Waals surface area contributed by atoms with E-state index in [9.17, 15) is 0 Å². The van der Waals surface area contributed by atoms with E-state index in [1.165, 1.54) is 0 Å². The molecule has 1 saturated heterocycles. The van der Waals surface area contributed by atoms with E-state index in [-0.39, 0.29) is 0 Å². The lowest BCUT2D eigenvalue weighted by Crippen LogP contribution is -2.31. The molecule has 0 aromatic rings. The minimum Gasteiger partial charge on any atom is -0.344 e. The van der Waals surface area contributed by atoms with Crippen molar-refractivity contribution >= 4 is 5.96 Å². The van der Waals surface area contributed by atoms with Gasteiger partial charge in [0.1, 0.15) is 0 Å². The van der Waals surface area contributed by atoms with Crippen LogP contribution in [-0.2, 0) is 0 Å². The van der Waals surface area contributed by atoms with Gasteiger partial charge in [0.15, 0.2) is 5.96 Å². The smallest absolute Gasteiger partial charge is 0.196 e. The molecular weight excluding hydrogens is 188 g/mol. The van der Waals surface area contributed by atoms with E-state index in [1.807, 2.05) is 7.05 Å². The Balaban J connectivity index is 2.36. The van der Waals surface area contributed by atoms with Crippen molar-refractivity contribution in [3.05, 3.63) is 12.2 Å². The molecule has 1 aliphatic rings. The van der Waals surface area contributed by atoms with E-state index < -0.39 is 0 Å². The van der Waals surface area contributed by atoms with Crippen molar-refractivity contribution in [1.29, 1.82) is 0 Å². The molecule has 0 bridgehead atoms. The van der Waals surface area contributed by atoms with Gasteiger partial charge in [-0.2, -0.15) is 0 Å². The SMILES string of the molecule is CN=C1N(C)CCN1C/C=C/CN(C)C. The molecule has 0 aromatic carbocycles. The number of guanidine groups is 1. The van der Waals surface area contributed by atoms with Crippen molar-refractivity contribution in [2.24, 2.45) is 4.99 Å². The van der Waals surface area contributed by atoms with E-state index >= 15 is 0 Å². The molecule has 0 unspecified atom stereocenters. The zero-order chi connectivity index (χ0) is 11.3. The summed E-state index contributed by atoms with van der Waals surface area (Å²) in [4.78, 5) is 10.9.